The van der Waals surface area contributed by atoms with E-state index in [2.05, 4.69) is 25.1 Å². The average molecular weight is 475 g/mol. The fourth-order valence-corrected chi connectivity index (χ4v) is 5.74. The maximum absolute atomic E-state index is 12.8. The molecule has 2 atom stereocenters. The Balaban J connectivity index is 1.13. The fourth-order valence-electron chi connectivity index (χ4n) is 4.91. The summed E-state index contributed by atoms with van der Waals surface area (Å²) in [7, 11) is 1.97. The average Bonchev–Trinajstić information content (AvgIpc) is 3.17. The molecule has 0 unspecified atom stereocenters. The van der Waals surface area contributed by atoms with Gasteiger partial charge in [0.05, 0.1) is 0 Å². The number of rotatable bonds is 7. The maximum Gasteiger partial charge on any atom is 0.433 e. The molecular weight excluding hydrogens is 449 g/mol. The third kappa shape index (κ3) is 4.26. The number of hydrogen-bond acceptors (Lipinski definition) is 6. The first-order valence-corrected chi connectivity index (χ1v) is 12.0. The van der Waals surface area contributed by atoms with Gasteiger partial charge in [0.2, 0.25) is 0 Å². The van der Waals surface area contributed by atoms with Crippen LogP contribution in [0.2, 0.25) is 0 Å². The van der Waals surface area contributed by atoms with Crippen LogP contribution in [0.4, 0.5) is 13.2 Å². The topological polar surface area (TPSA) is 59.7 Å². The molecule has 0 bridgehead atoms. The second kappa shape index (κ2) is 8.39. The van der Waals surface area contributed by atoms with Gasteiger partial charge in [-0.1, -0.05) is 17.8 Å². The Labute approximate surface area is 194 Å². The number of likely N-dealkylation sites (tertiary alicyclic amines) is 1. The van der Waals surface area contributed by atoms with E-state index < -0.39 is 11.9 Å². The lowest BCUT2D eigenvalue weighted by molar-refractivity contribution is -0.141. The molecule has 33 heavy (non-hydrogen) atoms. The molecule has 0 spiro atoms. The molecule has 2 aliphatic rings. The quantitative estimate of drug-likeness (QED) is 0.375. The number of nitrogens with zero attached hydrogens (tertiary/aromatic N) is 6. The molecule has 0 aromatic carbocycles. The molecule has 1 saturated carbocycles. The zero-order chi connectivity index (χ0) is 23.2. The van der Waals surface area contributed by atoms with Crippen molar-refractivity contribution >= 4 is 11.8 Å². The molecule has 0 N–H and O–H groups in total. The van der Waals surface area contributed by atoms with Crippen molar-refractivity contribution in [3.8, 4) is 11.4 Å². The molecule has 1 aliphatic heterocycles. The molecule has 4 heterocycles. The van der Waals surface area contributed by atoms with E-state index >= 15 is 0 Å². The van der Waals surface area contributed by atoms with Crippen molar-refractivity contribution < 1.29 is 13.2 Å². The summed E-state index contributed by atoms with van der Waals surface area (Å²) in [5, 5.41) is 9.57. The van der Waals surface area contributed by atoms with E-state index in [1.54, 1.807) is 24.0 Å². The van der Waals surface area contributed by atoms with Gasteiger partial charge in [-0.05, 0) is 56.0 Å². The largest absolute Gasteiger partial charge is 0.433 e. The SMILES string of the molecule is Cc1ncccc1-c1nnc(SCCCN2C[C@H]3C[C@@]3(c3ccc(C(F)(F)F)nc3)C2)n1C. The molecule has 3 aromatic rings. The number of piperidine rings is 1. The number of aryl methyl sites for hydroxylation is 1. The van der Waals surface area contributed by atoms with Crippen molar-refractivity contribution in [1.82, 2.24) is 29.6 Å². The molecule has 10 heteroatoms. The van der Waals surface area contributed by atoms with Crippen LogP contribution in [0.25, 0.3) is 11.4 Å². The van der Waals surface area contributed by atoms with Gasteiger partial charge in [-0.15, -0.1) is 10.2 Å². The Bertz CT molecular complexity index is 1150. The third-order valence-electron chi connectivity index (χ3n) is 6.78. The van der Waals surface area contributed by atoms with Crippen LogP contribution in [0.5, 0.6) is 0 Å². The minimum atomic E-state index is -4.39. The van der Waals surface area contributed by atoms with E-state index in [0.717, 1.165) is 72.1 Å². The Hall–Kier alpha value is -2.46. The monoisotopic (exact) mass is 474 g/mol. The Kier molecular flexibility index (Phi) is 5.68. The minimum absolute atomic E-state index is 0.00958. The zero-order valence-corrected chi connectivity index (χ0v) is 19.3. The van der Waals surface area contributed by atoms with Crippen LogP contribution < -0.4 is 0 Å². The summed E-state index contributed by atoms with van der Waals surface area (Å²) in [4.78, 5) is 10.4. The van der Waals surface area contributed by atoms with Crippen LogP contribution in [0, 0.1) is 12.8 Å². The van der Waals surface area contributed by atoms with Gasteiger partial charge in [0.1, 0.15) is 5.69 Å². The van der Waals surface area contributed by atoms with Gasteiger partial charge in [0.15, 0.2) is 11.0 Å². The molecular formula is C23H25F3N6S. The zero-order valence-electron chi connectivity index (χ0n) is 18.5. The first kappa shape index (κ1) is 22.3. The van der Waals surface area contributed by atoms with Crippen LogP contribution in [-0.4, -0.2) is 55.0 Å². The van der Waals surface area contributed by atoms with Crippen molar-refractivity contribution in [2.24, 2.45) is 13.0 Å². The van der Waals surface area contributed by atoms with Crippen molar-refractivity contribution in [3.05, 3.63) is 53.6 Å². The second-order valence-corrected chi connectivity index (χ2v) is 9.99. The summed E-state index contributed by atoms with van der Waals surface area (Å²) in [6.07, 6.45) is 0.857. The summed E-state index contributed by atoms with van der Waals surface area (Å²) >= 11 is 1.69. The summed E-state index contributed by atoms with van der Waals surface area (Å²) in [6, 6.07) is 6.63. The number of fused-ring (bicyclic) bond motifs is 1. The highest BCUT2D eigenvalue weighted by molar-refractivity contribution is 7.99. The third-order valence-corrected chi connectivity index (χ3v) is 7.88. The van der Waals surface area contributed by atoms with Crippen molar-refractivity contribution in [2.45, 2.75) is 36.5 Å². The molecule has 5 rings (SSSR count). The van der Waals surface area contributed by atoms with Gasteiger partial charge in [-0.25, -0.2) is 0 Å². The lowest BCUT2D eigenvalue weighted by atomic mass is 9.96. The predicted octanol–water partition coefficient (Wildman–Crippen LogP) is 4.36. The molecule has 174 valence electrons. The Morgan fingerprint density at radius 2 is 2.03 bits per heavy atom. The number of pyridine rings is 2. The molecule has 6 nitrogen and oxygen atoms in total. The lowest BCUT2D eigenvalue weighted by Crippen LogP contribution is -2.28. The van der Waals surface area contributed by atoms with Crippen LogP contribution in [0.1, 0.15) is 29.8 Å². The predicted molar refractivity (Wildman–Crippen MR) is 120 cm³/mol. The van der Waals surface area contributed by atoms with E-state index in [9.17, 15) is 13.2 Å². The Morgan fingerprint density at radius 3 is 2.76 bits per heavy atom. The van der Waals surface area contributed by atoms with Crippen LogP contribution >= 0.6 is 11.8 Å². The number of alkyl halides is 3. The van der Waals surface area contributed by atoms with Gasteiger partial charge < -0.3 is 9.47 Å². The molecule has 0 amide bonds. The molecule has 1 aliphatic carbocycles. The van der Waals surface area contributed by atoms with Gasteiger partial charge in [0.25, 0.3) is 0 Å². The number of thioether (sulfide) groups is 1. The lowest BCUT2D eigenvalue weighted by Gasteiger charge is -2.21. The summed E-state index contributed by atoms with van der Waals surface area (Å²) < 4.78 is 40.4. The normalized spacial score (nSPS) is 22.5. The van der Waals surface area contributed by atoms with E-state index in [-0.39, 0.29) is 5.41 Å². The number of hydrogen-bond donors (Lipinski definition) is 0. The second-order valence-electron chi connectivity index (χ2n) is 8.93. The number of halogens is 3. The maximum atomic E-state index is 12.8. The fraction of sp³-hybridized carbons (Fsp3) is 0.478. The molecule has 2 fully saturated rings. The number of aromatic nitrogens is 5. The highest BCUT2D eigenvalue weighted by Gasteiger charge is 2.60. The minimum Gasteiger partial charge on any atom is -0.305 e. The van der Waals surface area contributed by atoms with E-state index in [1.807, 2.05) is 30.7 Å². The van der Waals surface area contributed by atoms with Crippen molar-refractivity contribution in [2.75, 3.05) is 25.4 Å². The highest BCUT2D eigenvalue weighted by atomic mass is 32.2. The highest BCUT2D eigenvalue weighted by Crippen LogP contribution is 2.58. The van der Waals surface area contributed by atoms with Gasteiger partial charge >= 0.3 is 6.18 Å². The van der Waals surface area contributed by atoms with Crippen LogP contribution in [-0.2, 0) is 18.6 Å². The van der Waals surface area contributed by atoms with Gasteiger partial charge in [-0.3, -0.25) is 9.97 Å². The summed E-state index contributed by atoms with van der Waals surface area (Å²) in [5.41, 5.74) is 2.02. The standard InChI is InChI=1S/C23H25F3N6S/c1-15-18(5-3-8-27-15)20-29-30-21(31(20)2)33-10-4-9-32-13-17-11-22(17,14-32)16-6-7-19(28-12-16)23(24,25)26/h3,5-8,12,17H,4,9-11,13-14H2,1-2H3/t17-,22+/m1/s1. The van der Waals surface area contributed by atoms with Crippen molar-refractivity contribution in [3.63, 3.8) is 0 Å². The first-order chi connectivity index (χ1) is 15.8. The molecule has 3 aromatic heterocycles. The van der Waals surface area contributed by atoms with Crippen molar-refractivity contribution in [1.29, 1.82) is 0 Å². The summed E-state index contributed by atoms with van der Waals surface area (Å²) in [5.74, 6) is 2.26. The van der Waals surface area contributed by atoms with Gasteiger partial charge in [0, 0.05) is 55.0 Å². The van der Waals surface area contributed by atoms with E-state index in [4.69, 9.17) is 0 Å². The molecule has 1 saturated heterocycles. The molecule has 0 radical (unpaired) electrons. The first-order valence-electron chi connectivity index (χ1n) is 11.0. The van der Waals surface area contributed by atoms with Gasteiger partial charge in [-0.2, -0.15) is 13.2 Å². The summed E-state index contributed by atoms with van der Waals surface area (Å²) in [6.45, 7) is 4.82. The van der Waals surface area contributed by atoms with Crippen LogP contribution in [0.15, 0.2) is 41.8 Å². The Morgan fingerprint density at radius 1 is 1.18 bits per heavy atom. The van der Waals surface area contributed by atoms with E-state index in [0.29, 0.717) is 5.92 Å². The van der Waals surface area contributed by atoms with E-state index in [1.165, 1.54) is 6.20 Å². The van der Waals surface area contributed by atoms with Crippen LogP contribution in [0.3, 0.4) is 0 Å². The smallest absolute Gasteiger partial charge is 0.305 e.